The van der Waals surface area contributed by atoms with Crippen LogP contribution in [0.1, 0.15) is 46.4 Å². The van der Waals surface area contributed by atoms with Crippen LogP contribution in [0.3, 0.4) is 0 Å². The molecule has 0 saturated heterocycles. The highest BCUT2D eigenvalue weighted by atomic mass is 127. The van der Waals surface area contributed by atoms with E-state index in [-0.39, 0.29) is 11.8 Å². The highest BCUT2D eigenvalue weighted by molar-refractivity contribution is 14.1. The van der Waals surface area contributed by atoms with Crippen LogP contribution in [-0.4, -0.2) is 42.7 Å². The molecule has 0 unspecified atom stereocenters. The quantitative estimate of drug-likeness (QED) is 0.156. The predicted octanol–water partition coefficient (Wildman–Crippen LogP) is 5.24. The van der Waals surface area contributed by atoms with Crippen LogP contribution in [0.5, 0.6) is 0 Å². The number of hydrogen-bond acceptors (Lipinski definition) is 4. The van der Waals surface area contributed by atoms with E-state index in [9.17, 15) is 27.2 Å². The number of alkyl halides is 6. The van der Waals surface area contributed by atoms with Crippen molar-refractivity contribution in [2.75, 3.05) is 13.1 Å². The van der Waals surface area contributed by atoms with Crippen LogP contribution in [0.2, 0.25) is 0 Å². The minimum atomic E-state index is -3.94. The largest absolute Gasteiger partial charge is 0.367 e. The van der Waals surface area contributed by atoms with Gasteiger partial charge in [-0.25, -0.2) is 0 Å². The molecule has 0 aliphatic rings. The molecule has 6 nitrogen and oxygen atoms in total. The van der Waals surface area contributed by atoms with E-state index in [1.165, 1.54) is 0 Å². The second-order valence-corrected chi connectivity index (χ2v) is 9.11. The molecule has 2 aromatic heterocycles. The Hall–Kier alpha value is -1.58. The van der Waals surface area contributed by atoms with E-state index >= 15 is 0 Å². The van der Waals surface area contributed by atoms with E-state index in [0.717, 1.165) is 25.7 Å². The highest BCUT2D eigenvalue weighted by Crippen LogP contribution is 2.44. The number of carbonyl (C=O) groups is 2. The fraction of sp³-hybridized carbons (Fsp3) is 0.400. The maximum atomic E-state index is 11.8. The lowest BCUT2D eigenvalue weighted by Crippen LogP contribution is -2.27. The first-order valence-electron chi connectivity index (χ1n) is 9.52. The first-order chi connectivity index (χ1) is 15.0. The molecule has 2 N–H and O–H groups in total. The summed E-state index contributed by atoms with van der Waals surface area (Å²) >= 11 is 0.785. The summed E-state index contributed by atoms with van der Waals surface area (Å²) in [5.41, 5.74) is 1.16. The Morgan fingerprint density at radius 1 is 0.750 bits per heavy atom. The Balaban J connectivity index is 0.000000547. The van der Waals surface area contributed by atoms with Gasteiger partial charge in [0.05, 0.1) is 11.1 Å². The predicted molar refractivity (Wildman–Crippen MR) is 130 cm³/mol. The second-order valence-electron chi connectivity index (χ2n) is 6.40. The summed E-state index contributed by atoms with van der Waals surface area (Å²) in [6.45, 7) is 1.30. The van der Waals surface area contributed by atoms with E-state index in [1.807, 2.05) is 0 Å². The Bertz CT molecular complexity index is 750. The van der Waals surface area contributed by atoms with Crippen molar-refractivity contribution < 1.29 is 27.2 Å². The highest BCUT2D eigenvalue weighted by Gasteiger charge is 2.51. The Morgan fingerprint density at radius 3 is 1.41 bits per heavy atom. The van der Waals surface area contributed by atoms with Crippen molar-refractivity contribution in [3.63, 3.8) is 0 Å². The van der Waals surface area contributed by atoms with Gasteiger partial charge >= 0.3 is 7.86 Å². The van der Waals surface area contributed by atoms with Crippen LogP contribution in [0.4, 0.5) is 17.6 Å². The lowest BCUT2D eigenvalue weighted by atomic mass is 10.2. The standard InChI is InChI=1S/C18H22N4O2.C2F4I2/c23-17(15-7-5-9-19-13-15)21-11-3-1-2-4-12-22-18(24)16-8-6-10-20-14-16;3-1(4,7)2(5,6)8/h5-10,13-14H,1-4,11-12H2,(H,21,23)(H,22,24);. The average molecular weight is 680 g/mol. The maximum absolute atomic E-state index is 11.8. The minimum Gasteiger partial charge on any atom is -0.352 e. The van der Waals surface area contributed by atoms with Gasteiger partial charge in [0.15, 0.2) is 0 Å². The lowest BCUT2D eigenvalue weighted by molar-refractivity contribution is -0.0561. The number of carbonyl (C=O) groups excluding carboxylic acids is 2. The van der Waals surface area contributed by atoms with Gasteiger partial charge in [-0.3, -0.25) is 19.6 Å². The molecule has 0 atom stereocenters. The zero-order valence-electron chi connectivity index (χ0n) is 16.8. The summed E-state index contributed by atoms with van der Waals surface area (Å²) < 4.78 is 38.0. The van der Waals surface area contributed by atoms with Gasteiger partial charge in [-0.2, -0.15) is 17.6 Å². The molecule has 2 heterocycles. The van der Waals surface area contributed by atoms with Gasteiger partial charge in [0.2, 0.25) is 0 Å². The third-order valence-corrected chi connectivity index (χ3v) is 6.23. The average Bonchev–Trinajstić information content (AvgIpc) is 2.75. The van der Waals surface area contributed by atoms with E-state index in [0.29, 0.717) is 69.4 Å². The van der Waals surface area contributed by atoms with Gasteiger partial charge in [0, 0.05) is 83.1 Å². The van der Waals surface area contributed by atoms with Gasteiger partial charge in [0.1, 0.15) is 0 Å². The van der Waals surface area contributed by atoms with Gasteiger partial charge < -0.3 is 10.6 Å². The number of unbranched alkanes of at least 4 members (excludes halogenated alkanes) is 3. The van der Waals surface area contributed by atoms with Gasteiger partial charge in [0.25, 0.3) is 11.8 Å². The molecule has 0 aromatic carbocycles. The monoisotopic (exact) mass is 680 g/mol. The van der Waals surface area contributed by atoms with Gasteiger partial charge in [-0.05, 0) is 37.1 Å². The van der Waals surface area contributed by atoms with Crippen LogP contribution in [-0.2, 0) is 0 Å². The van der Waals surface area contributed by atoms with Crippen molar-refractivity contribution in [2.24, 2.45) is 0 Å². The molecular weight excluding hydrogens is 658 g/mol. The van der Waals surface area contributed by atoms with E-state index in [2.05, 4.69) is 20.6 Å². The molecule has 2 aromatic rings. The number of rotatable bonds is 10. The lowest BCUT2D eigenvalue weighted by Gasteiger charge is -2.13. The number of nitrogens with zero attached hydrogens (tertiary/aromatic N) is 2. The van der Waals surface area contributed by atoms with Crippen molar-refractivity contribution in [3.8, 4) is 0 Å². The zero-order valence-corrected chi connectivity index (χ0v) is 21.2. The molecule has 0 saturated carbocycles. The summed E-state index contributed by atoms with van der Waals surface area (Å²) in [5.74, 6) is -0.182. The SMILES string of the molecule is FC(F)(I)C(F)(F)I.O=C(NCCCCCCNC(=O)c1cccnc1)c1cccnc1. The minimum absolute atomic E-state index is 0.0909. The second kappa shape index (κ2) is 14.5. The Morgan fingerprint density at radius 2 is 1.12 bits per heavy atom. The third kappa shape index (κ3) is 11.9. The first kappa shape index (κ1) is 28.5. The Kier molecular flexibility index (Phi) is 12.9. The van der Waals surface area contributed by atoms with Crippen molar-refractivity contribution in [3.05, 3.63) is 60.2 Å². The normalized spacial score (nSPS) is 11.2. The van der Waals surface area contributed by atoms with Crippen LogP contribution in [0.15, 0.2) is 49.1 Å². The van der Waals surface area contributed by atoms with Crippen LogP contribution in [0, 0.1) is 0 Å². The molecule has 0 aliphatic heterocycles. The van der Waals surface area contributed by atoms with Crippen LogP contribution in [0.25, 0.3) is 0 Å². The summed E-state index contributed by atoms with van der Waals surface area (Å²) in [7, 11) is 0. The molecule has 0 radical (unpaired) electrons. The molecule has 32 heavy (non-hydrogen) atoms. The number of halogens is 6. The molecule has 0 fully saturated rings. The number of pyridine rings is 2. The summed E-state index contributed by atoms with van der Waals surface area (Å²) in [4.78, 5) is 31.4. The van der Waals surface area contributed by atoms with Crippen LogP contribution < -0.4 is 10.6 Å². The molecule has 12 heteroatoms. The number of hydrogen-bond donors (Lipinski definition) is 2. The number of nitrogens with one attached hydrogen (secondary N) is 2. The maximum Gasteiger partial charge on any atom is 0.367 e. The topological polar surface area (TPSA) is 84.0 Å². The van der Waals surface area contributed by atoms with Gasteiger partial charge in [-0.15, -0.1) is 0 Å². The van der Waals surface area contributed by atoms with Crippen molar-refractivity contribution >= 4 is 57.0 Å². The molecule has 2 amide bonds. The molecule has 0 spiro atoms. The summed E-state index contributed by atoms with van der Waals surface area (Å²) in [6.07, 6.45) is 10.3. The molecule has 176 valence electrons. The van der Waals surface area contributed by atoms with E-state index in [4.69, 9.17) is 0 Å². The Labute approximate surface area is 210 Å². The molecular formula is C20H22F4I2N4O2. The fourth-order valence-corrected chi connectivity index (χ4v) is 2.21. The summed E-state index contributed by atoms with van der Waals surface area (Å²) in [6, 6.07) is 6.98. The first-order valence-corrected chi connectivity index (χ1v) is 11.7. The summed E-state index contributed by atoms with van der Waals surface area (Å²) in [5, 5.41) is 5.75. The molecule has 0 bridgehead atoms. The van der Waals surface area contributed by atoms with E-state index < -0.39 is 7.86 Å². The fourth-order valence-electron chi connectivity index (χ4n) is 2.21. The van der Waals surface area contributed by atoms with Crippen molar-refractivity contribution in [2.45, 2.75) is 33.5 Å². The van der Waals surface area contributed by atoms with Gasteiger partial charge in [-0.1, -0.05) is 12.8 Å². The molecule has 2 rings (SSSR count). The van der Waals surface area contributed by atoms with Crippen LogP contribution >= 0.6 is 45.2 Å². The van der Waals surface area contributed by atoms with E-state index in [1.54, 1.807) is 49.1 Å². The number of amides is 2. The third-order valence-electron chi connectivity index (χ3n) is 3.84. The van der Waals surface area contributed by atoms with Crippen molar-refractivity contribution in [1.82, 2.24) is 20.6 Å². The zero-order chi connectivity index (χ0) is 24.0. The number of aromatic nitrogens is 2. The molecule has 0 aliphatic carbocycles. The van der Waals surface area contributed by atoms with Crippen molar-refractivity contribution in [1.29, 1.82) is 0 Å². The smallest absolute Gasteiger partial charge is 0.352 e.